The number of aryl methyl sites for hydroxylation is 1. The molecule has 0 spiro atoms. The first-order valence-corrected chi connectivity index (χ1v) is 6.16. The summed E-state index contributed by atoms with van der Waals surface area (Å²) in [6.45, 7) is 3.88. The maximum atomic E-state index is 12.0. The molecule has 1 aromatic carbocycles. The maximum Gasteiger partial charge on any atom is 0.251 e. The van der Waals surface area contributed by atoms with Gasteiger partial charge in [0, 0.05) is 11.6 Å². The number of phenolic OH excluding ortho intramolecular Hbond substituents is 1. The van der Waals surface area contributed by atoms with Crippen molar-refractivity contribution in [3.63, 3.8) is 0 Å². The lowest BCUT2D eigenvalue weighted by Gasteiger charge is -2.14. The molecule has 2 N–H and O–H groups in total. The van der Waals surface area contributed by atoms with Gasteiger partial charge >= 0.3 is 0 Å². The van der Waals surface area contributed by atoms with E-state index in [0.717, 1.165) is 17.9 Å². The zero-order valence-electron chi connectivity index (χ0n) is 10.4. The van der Waals surface area contributed by atoms with E-state index < -0.39 is 0 Å². The summed E-state index contributed by atoms with van der Waals surface area (Å²) in [6, 6.07) is 5.06. The summed E-state index contributed by atoms with van der Waals surface area (Å²) in [7, 11) is 0. The summed E-state index contributed by atoms with van der Waals surface area (Å²) in [4.78, 5) is 12.0. The Labute approximate surface area is 102 Å². The quantitative estimate of drug-likeness (QED) is 0.839. The van der Waals surface area contributed by atoms with E-state index in [4.69, 9.17) is 0 Å². The lowest BCUT2D eigenvalue weighted by atomic mass is 10.1. The lowest BCUT2D eigenvalue weighted by molar-refractivity contribution is 0.0937. The third-order valence-corrected chi connectivity index (χ3v) is 3.22. The highest BCUT2D eigenvalue weighted by atomic mass is 16.3. The number of carbonyl (C=O) groups is 1. The minimum Gasteiger partial charge on any atom is -0.508 e. The Kier molecular flexibility index (Phi) is 3.36. The van der Waals surface area contributed by atoms with Gasteiger partial charge in [0.15, 0.2) is 0 Å². The van der Waals surface area contributed by atoms with Crippen LogP contribution in [0.3, 0.4) is 0 Å². The van der Waals surface area contributed by atoms with E-state index in [2.05, 4.69) is 5.32 Å². The molecular weight excluding hydrogens is 214 g/mol. The van der Waals surface area contributed by atoms with Crippen LogP contribution in [0.15, 0.2) is 18.2 Å². The topological polar surface area (TPSA) is 49.3 Å². The molecule has 0 radical (unpaired) electrons. The third kappa shape index (κ3) is 3.22. The third-order valence-electron chi connectivity index (χ3n) is 3.22. The molecule has 17 heavy (non-hydrogen) atoms. The molecule has 0 bridgehead atoms. The predicted octanol–water partition coefficient (Wildman–Crippen LogP) is 2.62. The van der Waals surface area contributed by atoms with Crippen LogP contribution in [0.5, 0.6) is 5.75 Å². The van der Waals surface area contributed by atoms with E-state index >= 15 is 0 Å². The highest BCUT2D eigenvalue weighted by Gasteiger charge is 2.24. The number of nitrogens with one attached hydrogen (secondary N) is 1. The summed E-state index contributed by atoms with van der Waals surface area (Å²) in [5.41, 5.74) is 1.45. The second-order valence-corrected chi connectivity index (χ2v) is 5.05. The monoisotopic (exact) mass is 233 g/mol. The molecule has 92 valence electrons. The van der Waals surface area contributed by atoms with Gasteiger partial charge in [0.05, 0.1) is 0 Å². The van der Waals surface area contributed by atoms with Gasteiger partial charge in [0.25, 0.3) is 5.91 Å². The SMILES string of the molecule is Cc1cc(O)ccc1C(=O)NC(C)CC1CC1. The van der Waals surface area contributed by atoms with Crippen molar-refractivity contribution in [2.75, 3.05) is 0 Å². The Morgan fingerprint density at radius 3 is 2.82 bits per heavy atom. The molecule has 1 fully saturated rings. The minimum atomic E-state index is -0.0457. The fourth-order valence-electron chi connectivity index (χ4n) is 2.12. The highest BCUT2D eigenvalue weighted by Crippen LogP contribution is 2.33. The van der Waals surface area contributed by atoms with Crippen molar-refractivity contribution in [2.45, 2.75) is 39.2 Å². The Hall–Kier alpha value is -1.51. The molecule has 1 atom stereocenters. The molecule has 2 rings (SSSR count). The number of carbonyl (C=O) groups excluding carboxylic acids is 1. The molecule has 1 aliphatic carbocycles. The van der Waals surface area contributed by atoms with Gasteiger partial charge in [-0.3, -0.25) is 4.79 Å². The second kappa shape index (κ2) is 4.78. The van der Waals surface area contributed by atoms with Crippen LogP contribution in [-0.2, 0) is 0 Å². The fraction of sp³-hybridized carbons (Fsp3) is 0.500. The van der Waals surface area contributed by atoms with E-state index in [1.54, 1.807) is 18.2 Å². The Bertz CT molecular complexity index is 424. The van der Waals surface area contributed by atoms with Crippen LogP contribution in [0.2, 0.25) is 0 Å². The van der Waals surface area contributed by atoms with Gasteiger partial charge in [0.2, 0.25) is 0 Å². The van der Waals surface area contributed by atoms with Crippen molar-refractivity contribution in [1.82, 2.24) is 5.32 Å². The molecule has 1 aliphatic rings. The van der Waals surface area contributed by atoms with E-state index in [1.165, 1.54) is 12.8 Å². The molecule has 1 amide bonds. The average molecular weight is 233 g/mol. The van der Waals surface area contributed by atoms with Gasteiger partial charge in [0.1, 0.15) is 5.75 Å². The smallest absolute Gasteiger partial charge is 0.251 e. The number of aromatic hydroxyl groups is 1. The molecular formula is C14H19NO2. The summed E-state index contributed by atoms with van der Waals surface area (Å²) in [5, 5.41) is 12.3. The Morgan fingerprint density at radius 2 is 2.24 bits per heavy atom. The van der Waals surface area contributed by atoms with Crippen molar-refractivity contribution in [1.29, 1.82) is 0 Å². The van der Waals surface area contributed by atoms with Crippen molar-refractivity contribution in [3.05, 3.63) is 29.3 Å². The van der Waals surface area contributed by atoms with Crippen molar-refractivity contribution in [2.24, 2.45) is 5.92 Å². The van der Waals surface area contributed by atoms with Crippen molar-refractivity contribution < 1.29 is 9.90 Å². The van der Waals surface area contributed by atoms with Crippen molar-refractivity contribution in [3.8, 4) is 5.75 Å². The summed E-state index contributed by atoms with van der Waals surface area (Å²) >= 11 is 0. The van der Waals surface area contributed by atoms with Crippen molar-refractivity contribution >= 4 is 5.91 Å². The zero-order chi connectivity index (χ0) is 12.4. The van der Waals surface area contributed by atoms with Crippen LogP contribution in [0.4, 0.5) is 0 Å². The summed E-state index contributed by atoms with van der Waals surface area (Å²) in [5.74, 6) is 0.965. The first kappa shape index (κ1) is 12.0. The normalized spacial score (nSPS) is 16.6. The first-order chi connectivity index (χ1) is 8.06. The van der Waals surface area contributed by atoms with Crippen LogP contribution in [0, 0.1) is 12.8 Å². The molecule has 1 aromatic rings. The highest BCUT2D eigenvalue weighted by molar-refractivity contribution is 5.95. The fourth-order valence-corrected chi connectivity index (χ4v) is 2.12. The molecule has 0 saturated heterocycles. The van der Waals surface area contributed by atoms with Crippen LogP contribution < -0.4 is 5.32 Å². The van der Waals surface area contributed by atoms with E-state index in [0.29, 0.717) is 5.56 Å². The van der Waals surface area contributed by atoms with Gasteiger partial charge < -0.3 is 10.4 Å². The van der Waals surface area contributed by atoms with Crippen LogP contribution in [0.25, 0.3) is 0 Å². The Morgan fingerprint density at radius 1 is 1.53 bits per heavy atom. The molecule has 3 nitrogen and oxygen atoms in total. The molecule has 0 aromatic heterocycles. The summed E-state index contributed by atoms with van der Waals surface area (Å²) < 4.78 is 0. The van der Waals surface area contributed by atoms with Gasteiger partial charge in [-0.15, -0.1) is 0 Å². The van der Waals surface area contributed by atoms with Crippen LogP contribution in [-0.4, -0.2) is 17.1 Å². The number of hydrogen-bond donors (Lipinski definition) is 2. The largest absolute Gasteiger partial charge is 0.508 e. The number of rotatable bonds is 4. The molecule has 0 heterocycles. The van der Waals surface area contributed by atoms with Gasteiger partial charge in [-0.25, -0.2) is 0 Å². The van der Waals surface area contributed by atoms with E-state index in [-0.39, 0.29) is 17.7 Å². The number of hydrogen-bond acceptors (Lipinski definition) is 2. The standard InChI is InChI=1S/C14H19NO2/c1-9-7-12(16)5-6-13(9)14(17)15-10(2)8-11-3-4-11/h5-7,10-11,16H,3-4,8H2,1-2H3,(H,15,17). The van der Waals surface area contributed by atoms with Gasteiger partial charge in [-0.1, -0.05) is 12.8 Å². The number of benzene rings is 1. The predicted molar refractivity (Wildman–Crippen MR) is 67.1 cm³/mol. The minimum absolute atomic E-state index is 0.0457. The number of phenols is 1. The van der Waals surface area contributed by atoms with Gasteiger partial charge in [-0.2, -0.15) is 0 Å². The lowest BCUT2D eigenvalue weighted by Crippen LogP contribution is -2.33. The van der Waals surface area contributed by atoms with Crippen LogP contribution >= 0.6 is 0 Å². The first-order valence-electron chi connectivity index (χ1n) is 6.16. The second-order valence-electron chi connectivity index (χ2n) is 5.05. The van der Waals surface area contributed by atoms with E-state index in [9.17, 15) is 9.90 Å². The maximum absolute atomic E-state index is 12.0. The zero-order valence-corrected chi connectivity index (χ0v) is 10.4. The van der Waals surface area contributed by atoms with Crippen LogP contribution in [0.1, 0.15) is 42.1 Å². The van der Waals surface area contributed by atoms with Gasteiger partial charge in [-0.05, 0) is 49.9 Å². The number of amides is 1. The summed E-state index contributed by atoms with van der Waals surface area (Å²) in [6.07, 6.45) is 3.68. The average Bonchev–Trinajstić information content (AvgIpc) is 3.00. The van der Waals surface area contributed by atoms with E-state index in [1.807, 2.05) is 13.8 Å². The Balaban J connectivity index is 1.98. The molecule has 1 unspecified atom stereocenters. The molecule has 3 heteroatoms. The molecule has 1 saturated carbocycles. The molecule has 0 aliphatic heterocycles.